The van der Waals surface area contributed by atoms with Gasteiger partial charge in [0.25, 0.3) is 0 Å². The van der Waals surface area contributed by atoms with Gasteiger partial charge in [0.2, 0.25) is 0 Å². The molecule has 1 unspecified atom stereocenters. The summed E-state index contributed by atoms with van der Waals surface area (Å²) in [5, 5.41) is 0. The number of hydrogen-bond donors (Lipinski definition) is 0. The third-order valence-corrected chi connectivity index (χ3v) is 33.9. The zero-order valence-electron chi connectivity index (χ0n) is 32.8. The van der Waals surface area contributed by atoms with E-state index in [0.717, 1.165) is 43.3 Å². The molecule has 0 aliphatic carbocycles. The summed E-state index contributed by atoms with van der Waals surface area (Å²) >= 11 is 0. The summed E-state index contributed by atoms with van der Waals surface area (Å²) in [4.78, 5) is 12.1. The van der Waals surface area contributed by atoms with E-state index in [9.17, 15) is 4.79 Å². The molecule has 0 spiro atoms. The summed E-state index contributed by atoms with van der Waals surface area (Å²) in [6.45, 7) is 26.7. The molecule has 4 rings (SSSR count). The van der Waals surface area contributed by atoms with Gasteiger partial charge in [0.15, 0.2) is 0 Å². The molecule has 51 heavy (non-hydrogen) atoms. The van der Waals surface area contributed by atoms with Crippen LogP contribution in [0.1, 0.15) is 61.4 Å². The second-order valence-electron chi connectivity index (χ2n) is 14.8. The van der Waals surface area contributed by atoms with Gasteiger partial charge >= 0.3 is 78.1 Å². The predicted molar refractivity (Wildman–Crippen MR) is 215 cm³/mol. The molecule has 1 atom stereocenters. The molecule has 5 radical (unpaired) electrons. The fourth-order valence-electron chi connectivity index (χ4n) is 6.87. The minimum atomic E-state index is -2.56. The SMILES string of the molecule is CC(=O)Oc1ccc(C(C)(C)c2ccc(C)c(CCC[Si]3(C)O[Si](C)O[Si](C)O[Si](C)O3)c2)cc1CCC[Si]1(C)O[Si](C)O[Si](C)O[Si](C)(C)O1. The van der Waals surface area contributed by atoms with Crippen molar-refractivity contribution < 1.29 is 42.5 Å². The van der Waals surface area contributed by atoms with Crippen LogP contribution in [-0.4, -0.2) is 78.1 Å². The maximum atomic E-state index is 12.1. The van der Waals surface area contributed by atoms with Gasteiger partial charge in [0.1, 0.15) is 5.75 Å². The summed E-state index contributed by atoms with van der Waals surface area (Å²) in [6.07, 6.45) is 3.46. The van der Waals surface area contributed by atoms with Crippen molar-refractivity contribution in [1.82, 2.24) is 0 Å². The van der Waals surface area contributed by atoms with Crippen molar-refractivity contribution in [2.75, 3.05) is 0 Å². The predicted octanol–water partition coefficient (Wildman–Crippen LogP) is 7.71. The third-order valence-electron chi connectivity index (χ3n) is 9.05. The lowest BCUT2D eigenvalue weighted by molar-refractivity contribution is -0.131. The first-order valence-corrected chi connectivity index (χ1v) is 34.7. The lowest BCUT2D eigenvalue weighted by Gasteiger charge is -2.40. The van der Waals surface area contributed by atoms with E-state index >= 15 is 0 Å². The fourth-order valence-corrected chi connectivity index (χ4v) is 33.6. The van der Waals surface area contributed by atoms with Gasteiger partial charge in [-0.2, -0.15) is 0 Å². The highest BCUT2D eigenvalue weighted by atomic mass is 28.5. The Hall–Kier alpha value is -0.675. The van der Waals surface area contributed by atoms with Gasteiger partial charge in [-0.15, -0.1) is 0 Å². The molecule has 2 aliphatic heterocycles. The average molecular weight is 838 g/mol. The quantitative estimate of drug-likeness (QED) is 0.127. The van der Waals surface area contributed by atoms with E-state index in [4.69, 9.17) is 37.7 Å². The van der Waals surface area contributed by atoms with Crippen LogP contribution in [0, 0.1) is 6.92 Å². The molecule has 0 bridgehead atoms. The summed E-state index contributed by atoms with van der Waals surface area (Å²) in [6, 6.07) is 14.8. The zero-order chi connectivity index (χ0) is 37.8. The number of esters is 1. The Morgan fingerprint density at radius 3 is 1.75 bits per heavy atom. The number of ether oxygens (including phenoxy) is 1. The van der Waals surface area contributed by atoms with E-state index < -0.39 is 72.1 Å². The molecule has 0 N–H and O–H groups in total. The third kappa shape index (κ3) is 12.7. The standard InChI is InChI=1S/C33H57O10Si8/c1-26-18-19-30(24-28(26)16-14-22-50(12)40-46(7)36-44(5)37-47(8)41-50)33(3,4)31-20-21-32(35-27(2)34)29(25-31)17-15-23-51(13)42-48(9)38-45(6)39-49(10,11)43-51/h18-21,24-25H,14-17,22-23H2,1-13H3. The number of carbonyl (C=O) groups is 1. The van der Waals surface area contributed by atoms with Crippen molar-refractivity contribution in [3.8, 4) is 5.75 Å². The Kier molecular flexibility index (Phi) is 15.1. The van der Waals surface area contributed by atoms with Gasteiger partial charge in [0.05, 0.1) is 0 Å². The molecule has 2 aromatic carbocycles. The number of rotatable bonds is 11. The molecule has 2 saturated heterocycles. The molecule has 2 aliphatic rings. The van der Waals surface area contributed by atoms with Gasteiger partial charge in [-0.3, -0.25) is 4.79 Å². The summed E-state index contributed by atoms with van der Waals surface area (Å²) in [5.74, 6) is 0.279. The maximum Gasteiger partial charge on any atom is 0.362 e. The minimum Gasteiger partial charge on any atom is -0.426 e. The highest BCUT2D eigenvalue weighted by Crippen LogP contribution is 2.37. The molecule has 18 heteroatoms. The minimum absolute atomic E-state index is 0.290. The van der Waals surface area contributed by atoms with Crippen molar-refractivity contribution in [1.29, 1.82) is 0 Å². The van der Waals surface area contributed by atoms with Gasteiger partial charge in [-0.05, 0) is 138 Å². The van der Waals surface area contributed by atoms with Crippen LogP contribution < -0.4 is 4.74 Å². The smallest absolute Gasteiger partial charge is 0.362 e. The largest absolute Gasteiger partial charge is 0.426 e. The maximum absolute atomic E-state index is 12.1. The Morgan fingerprint density at radius 1 is 0.686 bits per heavy atom. The van der Waals surface area contributed by atoms with Crippen LogP contribution in [-0.2, 0) is 56.0 Å². The normalized spacial score (nSPS) is 23.3. The highest BCUT2D eigenvalue weighted by Gasteiger charge is 2.45. The van der Waals surface area contributed by atoms with Gasteiger partial charge in [0, 0.05) is 12.3 Å². The monoisotopic (exact) mass is 837 g/mol. The summed E-state index contributed by atoms with van der Waals surface area (Å²) in [5.41, 5.74) is 5.74. The molecule has 2 aromatic rings. The fraction of sp³-hybridized carbons (Fsp3) is 0.606. The number of benzene rings is 2. The zero-order valence-corrected chi connectivity index (χ0v) is 40.8. The van der Waals surface area contributed by atoms with Crippen molar-refractivity contribution >= 4 is 78.1 Å². The Bertz CT molecular complexity index is 1490. The molecule has 0 amide bonds. The van der Waals surface area contributed by atoms with E-state index in [-0.39, 0.29) is 11.4 Å². The Morgan fingerprint density at radius 2 is 1.16 bits per heavy atom. The van der Waals surface area contributed by atoms with E-state index in [1.54, 1.807) is 0 Å². The molecular formula is C33H57O10Si8. The van der Waals surface area contributed by atoms with Crippen LogP contribution in [0.2, 0.25) is 71.0 Å². The van der Waals surface area contributed by atoms with Crippen LogP contribution in [0.5, 0.6) is 5.75 Å². The molecular weight excluding hydrogens is 781 g/mol. The first kappa shape index (κ1) is 43.1. The van der Waals surface area contributed by atoms with Crippen molar-refractivity contribution in [3.05, 3.63) is 64.2 Å². The van der Waals surface area contributed by atoms with E-state index in [2.05, 4.69) is 77.3 Å². The van der Waals surface area contributed by atoms with Crippen molar-refractivity contribution in [2.24, 2.45) is 0 Å². The molecule has 2 heterocycles. The lowest BCUT2D eigenvalue weighted by Crippen LogP contribution is -2.57. The lowest BCUT2D eigenvalue weighted by atomic mass is 9.76. The first-order chi connectivity index (χ1) is 23.7. The molecule has 281 valence electrons. The van der Waals surface area contributed by atoms with Gasteiger partial charge < -0.3 is 37.7 Å². The van der Waals surface area contributed by atoms with Crippen LogP contribution in [0.25, 0.3) is 0 Å². The number of carbonyl (C=O) groups excluding carboxylic acids is 1. The average Bonchev–Trinajstić information content (AvgIpc) is 2.95. The van der Waals surface area contributed by atoms with E-state index in [0.29, 0.717) is 5.75 Å². The highest BCUT2D eigenvalue weighted by molar-refractivity contribution is 6.86. The van der Waals surface area contributed by atoms with Crippen LogP contribution in [0.3, 0.4) is 0 Å². The van der Waals surface area contributed by atoms with Crippen LogP contribution in [0.4, 0.5) is 0 Å². The summed E-state index contributed by atoms with van der Waals surface area (Å²) < 4.78 is 56.4. The molecule has 0 aromatic heterocycles. The number of aryl methyl sites for hydroxylation is 3. The molecule has 2 fully saturated rings. The topological polar surface area (TPSA) is 100 Å². The number of hydrogen-bond acceptors (Lipinski definition) is 10. The van der Waals surface area contributed by atoms with Crippen molar-refractivity contribution in [3.63, 3.8) is 0 Å². The molecule has 0 saturated carbocycles. The Balaban J connectivity index is 1.50. The van der Waals surface area contributed by atoms with Gasteiger partial charge in [-0.25, -0.2) is 0 Å². The van der Waals surface area contributed by atoms with Crippen LogP contribution in [0.15, 0.2) is 36.4 Å². The van der Waals surface area contributed by atoms with E-state index in [1.165, 1.54) is 29.2 Å². The van der Waals surface area contributed by atoms with Gasteiger partial charge in [-0.1, -0.05) is 44.2 Å². The summed E-state index contributed by atoms with van der Waals surface area (Å²) in [7, 11) is -14.3. The molecule has 10 nitrogen and oxygen atoms in total. The Labute approximate surface area is 318 Å². The first-order valence-electron chi connectivity index (χ1n) is 17.8. The second kappa shape index (κ2) is 17.9. The van der Waals surface area contributed by atoms with Crippen molar-refractivity contribution in [2.45, 2.75) is 130 Å². The van der Waals surface area contributed by atoms with Crippen LogP contribution >= 0.6 is 0 Å². The van der Waals surface area contributed by atoms with E-state index in [1.807, 2.05) is 38.8 Å². The second-order valence-corrected chi connectivity index (χ2v) is 34.6.